The van der Waals surface area contributed by atoms with Gasteiger partial charge in [0.15, 0.2) is 0 Å². The molecule has 0 bridgehead atoms. The molecule has 0 aliphatic carbocycles. The summed E-state index contributed by atoms with van der Waals surface area (Å²) in [6.07, 6.45) is 4.19. The van der Waals surface area contributed by atoms with E-state index in [1.165, 1.54) is 0 Å². The van der Waals surface area contributed by atoms with Gasteiger partial charge in [0.25, 0.3) is 0 Å². The highest BCUT2D eigenvalue weighted by atomic mass is 16.5. The van der Waals surface area contributed by atoms with Crippen LogP contribution in [0.4, 0.5) is 0 Å². The second-order valence-electron chi connectivity index (χ2n) is 6.58. The Hall–Kier alpha value is -2.43. The van der Waals surface area contributed by atoms with Crippen molar-refractivity contribution in [2.75, 3.05) is 20.3 Å². The second kappa shape index (κ2) is 11.3. The standard InChI is InChI=1S/C23H29NO3/c1-19(23(27-2)21-13-7-4-8-14-21)10-9-15-22(26)24(16-17-25)18-20-11-5-3-6-12-20/h3-14,19,23,25H,15-18H2,1-2H3/b10-9+/t19-,23+/m1/s1. The summed E-state index contributed by atoms with van der Waals surface area (Å²) in [4.78, 5) is 14.3. The van der Waals surface area contributed by atoms with E-state index in [-0.39, 0.29) is 24.5 Å². The van der Waals surface area contributed by atoms with Gasteiger partial charge >= 0.3 is 0 Å². The van der Waals surface area contributed by atoms with Crippen molar-refractivity contribution in [3.63, 3.8) is 0 Å². The van der Waals surface area contributed by atoms with Crippen LogP contribution in [-0.2, 0) is 16.1 Å². The van der Waals surface area contributed by atoms with Crippen molar-refractivity contribution >= 4 is 5.91 Å². The Morgan fingerprint density at radius 1 is 1.11 bits per heavy atom. The maximum absolute atomic E-state index is 12.6. The van der Waals surface area contributed by atoms with E-state index in [4.69, 9.17) is 4.74 Å². The first-order valence-corrected chi connectivity index (χ1v) is 9.32. The van der Waals surface area contributed by atoms with Crippen LogP contribution in [0.5, 0.6) is 0 Å². The van der Waals surface area contributed by atoms with Crippen molar-refractivity contribution in [2.24, 2.45) is 5.92 Å². The first-order valence-electron chi connectivity index (χ1n) is 9.32. The summed E-state index contributed by atoms with van der Waals surface area (Å²) in [6, 6.07) is 19.9. The zero-order valence-electron chi connectivity index (χ0n) is 16.1. The highest BCUT2D eigenvalue weighted by molar-refractivity contribution is 5.77. The number of aliphatic hydroxyl groups is 1. The molecule has 0 unspecified atom stereocenters. The van der Waals surface area contributed by atoms with E-state index < -0.39 is 0 Å². The predicted molar refractivity (Wildman–Crippen MR) is 108 cm³/mol. The summed E-state index contributed by atoms with van der Waals surface area (Å²) in [7, 11) is 1.70. The van der Waals surface area contributed by atoms with Gasteiger partial charge in [0.2, 0.25) is 5.91 Å². The van der Waals surface area contributed by atoms with E-state index >= 15 is 0 Å². The fourth-order valence-electron chi connectivity index (χ4n) is 3.13. The largest absolute Gasteiger partial charge is 0.395 e. The van der Waals surface area contributed by atoms with E-state index in [9.17, 15) is 9.90 Å². The van der Waals surface area contributed by atoms with Gasteiger partial charge in [0.05, 0.1) is 12.7 Å². The van der Waals surface area contributed by atoms with Gasteiger partial charge in [-0.15, -0.1) is 0 Å². The molecular weight excluding hydrogens is 338 g/mol. The summed E-state index contributed by atoms with van der Waals surface area (Å²) in [5, 5.41) is 9.28. The number of benzene rings is 2. The molecule has 4 nitrogen and oxygen atoms in total. The van der Waals surface area contributed by atoms with Gasteiger partial charge in [0, 0.05) is 32.5 Å². The minimum absolute atomic E-state index is 0.00466. The number of nitrogens with zero attached hydrogens (tertiary/aromatic N) is 1. The van der Waals surface area contributed by atoms with Crippen molar-refractivity contribution in [1.82, 2.24) is 4.90 Å². The molecule has 144 valence electrons. The predicted octanol–water partition coefficient (Wildman–Crippen LogP) is 3.98. The van der Waals surface area contributed by atoms with Crippen LogP contribution in [0.15, 0.2) is 72.8 Å². The number of amides is 1. The molecule has 0 saturated carbocycles. The van der Waals surface area contributed by atoms with Crippen LogP contribution in [0.25, 0.3) is 0 Å². The molecule has 0 saturated heterocycles. The van der Waals surface area contributed by atoms with Crippen LogP contribution in [0.3, 0.4) is 0 Å². The summed E-state index contributed by atoms with van der Waals surface area (Å²) < 4.78 is 5.64. The molecule has 2 aromatic carbocycles. The maximum Gasteiger partial charge on any atom is 0.226 e. The lowest BCUT2D eigenvalue weighted by atomic mass is 9.96. The Morgan fingerprint density at radius 2 is 1.74 bits per heavy atom. The SMILES string of the molecule is CO[C@H](c1ccccc1)[C@H](C)/C=C/CC(=O)N(CCO)Cc1ccccc1. The Labute approximate surface area is 162 Å². The zero-order chi connectivity index (χ0) is 19.5. The summed E-state index contributed by atoms with van der Waals surface area (Å²) >= 11 is 0. The highest BCUT2D eigenvalue weighted by Crippen LogP contribution is 2.26. The van der Waals surface area contributed by atoms with E-state index in [0.29, 0.717) is 19.5 Å². The van der Waals surface area contributed by atoms with Gasteiger partial charge in [0.1, 0.15) is 0 Å². The van der Waals surface area contributed by atoms with Gasteiger partial charge in [-0.3, -0.25) is 4.79 Å². The van der Waals surface area contributed by atoms with E-state index in [2.05, 4.69) is 6.92 Å². The van der Waals surface area contributed by atoms with Crippen LogP contribution >= 0.6 is 0 Å². The molecule has 0 fully saturated rings. The topological polar surface area (TPSA) is 49.8 Å². The molecule has 0 aliphatic heterocycles. The monoisotopic (exact) mass is 367 g/mol. The molecule has 2 atom stereocenters. The van der Waals surface area contributed by atoms with Gasteiger partial charge in [-0.1, -0.05) is 79.7 Å². The smallest absolute Gasteiger partial charge is 0.226 e. The molecule has 0 radical (unpaired) electrons. The number of hydrogen-bond acceptors (Lipinski definition) is 3. The summed E-state index contributed by atoms with van der Waals surface area (Å²) in [5.41, 5.74) is 2.18. The van der Waals surface area contributed by atoms with Gasteiger partial charge in [-0.2, -0.15) is 0 Å². The fourth-order valence-corrected chi connectivity index (χ4v) is 3.13. The normalized spacial score (nSPS) is 13.4. The van der Waals surface area contributed by atoms with Crippen LogP contribution < -0.4 is 0 Å². The number of aliphatic hydroxyl groups excluding tert-OH is 1. The minimum atomic E-state index is -0.0459. The lowest BCUT2D eigenvalue weighted by molar-refractivity contribution is -0.131. The quantitative estimate of drug-likeness (QED) is 0.646. The molecule has 1 amide bonds. The van der Waals surface area contributed by atoms with Crippen molar-refractivity contribution in [3.8, 4) is 0 Å². The number of carbonyl (C=O) groups excluding carboxylic acids is 1. The molecule has 0 aliphatic rings. The van der Waals surface area contributed by atoms with Crippen molar-refractivity contribution < 1.29 is 14.6 Å². The van der Waals surface area contributed by atoms with Crippen molar-refractivity contribution in [2.45, 2.75) is 26.0 Å². The third-order valence-corrected chi connectivity index (χ3v) is 4.53. The van der Waals surface area contributed by atoms with Gasteiger partial charge in [-0.05, 0) is 11.1 Å². The van der Waals surface area contributed by atoms with E-state index in [1.807, 2.05) is 72.8 Å². The zero-order valence-corrected chi connectivity index (χ0v) is 16.1. The first kappa shape index (κ1) is 20.9. The second-order valence-corrected chi connectivity index (χ2v) is 6.58. The van der Waals surface area contributed by atoms with E-state index in [1.54, 1.807) is 12.0 Å². The van der Waals surface area contributed by atoms with Gasteiger partial charge in [-0.25, -0.2) is 0 Å². The molecular formula is C23H29NO3. The summed E-state index contributed by atoms with van der Waals surface area (Å²) in [5.74, 6) is 0.149. The average molecular weight is 367 g/mol. The molecule has 1 N–H and O–H groups in total. The number of methoxy groups -OCH3 is 1. The maximum atomic E-state index is 12.6. The van der Waals surface area contributed by atoms with E-state index in [0.717, 1.165) is 11.1 Å². The number of rotatable bonds is 10. The third kappa shape index (κ3) is 6.66. The summed E-state index contributed by atoms with van der Waals surface area (Å²) in [6.45, 7) is 2.88. The molecule has 4 heteroatoms. The first-order chi connectivity index (χ1) is 13.2. The Morgan fingerprint density at radius 3 is 2.33 bits per heavy atom. The lowest BCUT2D eigenvalue weighted by Crippen LogP contribution is -2.32. The van der Waals surface area contributed by atoms with Crippen molar-refractivity contribution in [3.05, 3.63) is 83.9 Å². The molecule has 0 heterocycles. The van der Waals surface area contributed by atoms with Gasteiger partial charge < -0.3 is 14.7 Å². The molecule has 2 rings (SSSR count). The Bertz CT molecular complexity index is 700. The molecule has 27 heavy (non-hydrogen) atoms. The Kier molecular flexibility index (Phi) is 8.75. The number of hydrogen-bond donors (Lipinski definition) is 1. The fraction of sp³-hybridized carbons (Fsp3) is 0.348. The molecule has 0 aromatic heterocycles. The Balaban J connectivity index is 1.94. The van der Waals surface area contributed by atoms with Crippen LogP contribution in [-0.4, -0.2) is 36.2 Å². The van der Waals surface area contributed by atoms with Crippen LogP contribution in [0.2, 0.25) is 0 Å². The molecule has 0 spiro atoms. The van der Waals surface area contributed by atoms with Crippen LogP contribution in [0.1, 0.15) is 30.6 Å². The minimum Gasteiger partial charge on any atom is -0.395 e. The van der Waals surface area contributed by atoms with Crippen LogP contribution in [0, 0.1) is 5.92 Å². The molecule has 2 aromatic rings. The third-order valence-electron chi connectivity index (χ3n) is 4.53. The number of carbonyl (C=O) groups is 1. The number of ether oxygens (including phenoxy) is 1. The average Bonchev–Trinajstić information content (AvgIpc) is 2.70. The highest BCUT2D eigenvalue weighted by Gasteiger charge is 2.17. The van der Waals surface area contributed by atoms with Crippen molar-refractivity contribution in [1.29, 1.82) is 0 Å². The lowest BCUT2D eigenvalue weighted by Gasteiger charge is -2.22.